The molecule has 218 valence electrons. The molecule has 2 fully saturated rings. The molecule has 7 atom stereocenters. The number of aliphatic hydroxyl groups is 1. The quantitative estimate of drug-likeness (QED) is 0.194. The first-order valence-corrected chi connectivity index (χ1v) is 14.2. The molecule has 0 bridgehead atoms. The van der Waals surface area contributed by atoms with Gasteiger partial charge in [0.25, 0.3) is 0 Å². The summed E-state index contributed by atoms with van der Waals surface area (Å²) in [6.07, 6.45) is 18.0. The number of esters is 2. The van der Waals surface area contributed by atoms with Gasteiger partial charge >= 0.3 is 11.9 Å². The van der Waals surface area contributed by atoms with Crippen LogP contribution < -0.4 is 0 Å². The van der Waals surface area contributed by atoms with E-state index in [0.29, 0.717) is 18.4 Å². The molecule has 0 unspecified atom stereocenters. The van der Waals surface area contributed by atoms with E-state index >= 15 is 0 Å². The lowest BCUT2D eigenvalue weighted by atomic mass is 9.83. The van der Waals surface area contributed by atoms with E-state index in [1.54, 1.807) is 19.1 Å². The summed E-state index contributed by atoms with van der Waals surface area (Å²) in [5, 5.41) is 10.4. The van der Waals surface area contributed by atoms with E-state index in [2.05, 4.69) is 19.9 Å². The third-order valence-electron chi connectivity index (χ3n) is 7.56. The van der Waals surface area contributed by atoms with Crippen molar-refractivity contribution >= 4 is 11.9 Å². The fourth-order valence-electron chi connectivity index (χ4n) is 4.77. The van der Waals surface area contributed by atoms with Gasteiger partial charge in [-0.15, -0.1) is 0 Å². The molecule has 0 amide bonds. The van der Waals surface area contributed by atoms with Crippen LogP contribution in [0.25, 0.3) is 0 Å². The van der Waals surface area contributed by atoms with Crippen molar-refractivity contribution in [3.8, 4) is 0 Å². The van der Waals surface area contributed by atoms with Crippen LogP contribution in [0, 0.1) is 17.8 Å². The lowest BCUT2D eigenvalue weighted by molar-refractivity contribution is -0.323. The summed E-state index contributed by atoms with van der Waals surface area (Å²) in [5.41, 5.74) is 1.86. The normalized spacial score (nSPS) is 30.3. The highest BCUT2D eigenvalue weighted by Crippen LogP contribution is 2.43. The minimum absolute atomic E-state index is 0.0393. The number of rotatable bonds is 11. The monoisotopic (exact) mass is 544 g/mol. The number of aliphatic hydroxyl groups excluding tert-OH is 1. The van der Waals surface area contributed by atoms with Crippen LogP contribution in [0.5, 0.6) is 0 Å². The Balaban J connectivity index is 1.99. The summed E-state index contributed by atoms with van der Waals surface area (Å²) < 4.78 is 22.9. The number of carbonyl (C=O) groups excluding carboxylic acids is 2. The zero-order chi connectivity index (χ0) is 29.0. The maximum atomic E-state index is 11.5. The molecule has 2 aliphatic heterocycles. The predicted octanol–water partition coefficient (Wildman–Crippen LogP) is 6.00. The van der Waals surface area contributed by atoms with Crippen molar-refractivity contribution in [2.45, 2.75) is 97.7 Å². The van der Waals surface area contributed by atoms with Crippen molar-refractivity contribution in [1.82, 2.24) is 0 Å². The summed E-state index contributed by atoms with van der Waals surface area (Å²) in [5.74, 6) is -0.816. The molecule has 0 saturated carbocycles. The fourth-order valence-corrected chi connectivity index (χ4v) is 4.77. The standard InChI is InChI=1S/C32H48O7/c1-8-37-30(34)16-12-24(4)27(33)13-9-22(2)10-14-28-25(5)17-19-32(38-28)20-18-26(6)29(39-32)15-11-23(3)21-31(35)36-7/h9-13,15-16,21,24-29,33H,8,14,17-20H2,1-7H3/b13-9+,15-11+,16-12+,22-10+,23-21+/t24-,25-,26-,27-,28+,29-,32-/m0/s1. The molecule has 0 radical (unpaired) electrons. The van der Waals surface area contributed by atoms with Gasteiger partial charge < -0.3 is 24.1 Å². The number of allylic oxidation sites excluding steroid dienone is 4. The highest BCUT2D eigenvalue weighted by molar-refractivity contribution is 5.83. The lowest BCUT2D eigenvalue weighted by Gasteiger charge is -2.49. The third-order valence-corrected chi connectivity index (χ3v) is 7.56. The molecule has 0 aromatic heterocycles. The fraction of sp³-hybridized carbons (Fsp3) is 0.625. The molecule has 39 heavy (non-hydrogen) atoms. The zero-order valence-corrected chi connectivity index (χ0v) is 24.7. The van der Waals surface area contributed by atoms with Crippen LogP contribution in [0.3, 0.4) is 0 Å². The van der Waals surface area contributed by atoms with Gasteiger partial charge in [0, 0.05) is 30.9 Å². The van der Waals surface area contributed by atoms with E-state index in [0.717, 1.165) is 43.3 Å². The van der Waals surface area contributed by atoms with Gasteiger partial charge in [-0.3, -0.25) is 0 Å². The molecule has 0 aromatic carbocycles. The Morgan fingerprint density at radius 2 is 1.69 bits per heavy atom. The van der Waals surface area contributed by atoms with Crippen molar-refractivity contribution in [3.63, 3.8) is 0 Å². The van der Waals surface area contributed by atoms with Crippen LogP contribution >= 0.6 is 0 Å². The largest absolute Gasteiger partial charge is 0.466 e. The van der Waals surface area contributed by atoms with E-state index in [-0.39, 0.29) is 24.1 Å². The van der Waals surface area contributed by atoms with E-state index < -0.39 is 17.9 Å². The first-order chi connectivity index (χ1) is 18.5. The molecule has 2 heterocycles. The molecule has 2 rings (SSSR count). The minimum atomic E-state index is -0.708. The average Bonchev–Trinajstić information content (AvgIpc) is 2.91. The van der Waals surface area contributed by atoms with Gasteiger partial charge in [0.15, 0.2) is 5.79 Å². The minimum Gasteiger partial charge on any atom is -0.466 e. The topological polar surface area (TPSA) is 91.3 Å². The molecule has 0 aromatic rings. The zero-order valence-electron chi connectivity index (χ0n) is 24.7. The van der Waals surface area contributed by atoms with Gasteiger partial charge in [0.1, 0.15) is 0 Å². The highest BCUT2D eigenvalue weighted by atomic mass is 16.7. The van der Waals surface area contributed by atoms with E-state index in [1.807, 2.05) is 39.0 Å². The first kappa shape index (κ1) is 32.7. The Kier molecular flexibility index (Phi) is 13.4. The average molecular weight is 545 g/mol. The number of methoxy groups -OCH3 is 1. The summed E-state index contributed by atoms with van der Waals surface area (Å²) in [7, 11) is 1.37. The SMILES string of the molecule is CCOC(=O)/C=C/[C@H](C)[C@@H](O)/C=C/C(C)=C/C[C@H]1O[C@@]2(CC[C@H](C)[C@H](/C=C/C(C)=C/C(=O)OC)O2)CC[C@@H]1C. The van der Waals surface area contributed by atoms with Crippen LogP contribution in [0.2, 0.25) is 0 Å². The number of hydrogen-bond donors (Lipinski definition) is 1. The summed E-state index contributed by atoms with van der Waals surface area (Å²) in [6, 6.07) is 0. The second kappa shape index (κ2) is 15.9. The second-order valence-corrected chi connectivity index (χ2v) is 11.0. The highest BCUT2D eigenvalue weighted by Gasteiger charge is 2.45. The molecule has 1 spiro atoms. The Hall–Kier alpha value is -2.48. The molecular formula is C32H48O7. The van der Waals surface area contributed by atoms with E-state index in [4.69, 9.17) is 18.9 Å². The van der Waals surface area contributed by atoms with Gasteiger partial charge in [0.05, 0.1) is 32.0 Å². The van der Waals surface area contributed by atoms with Gasteiger partial charge in [-0.1, -0.05) is 62.8 Å². The number of carbonyl (C=O) groups is 2. The Morgan fingerprint density at radius 1 is 1.00 bits per heavy atom. The molecule has 7 heteroatoms. The molecule has 2 saturated heterocycles. The maximum Gasteiger partial charge on any atom is 0.330 e. The van der Waals surface area contributed by atoms with Gasteiger partial charge in [-0.25, -0.2) is 9.59 Å². The lowest BCUT2D eigenvalue weighted by Crippen LogP contribution is -2.51. The van der Waals surface area contributed by atoms with Crippen LogP contribution in [0.15, 0.2) is 59.8 Å². The Morgan fingerprint density at radius 3 is 2.36 bits per heavy atom. The van der Waals surface area contributed by atoms with Gasteiger partial charge in [-0.05, 0) is 57.4 Å². The molecule has 1 N–H and O–H groups in total. The summed E-state index contributed by atoms with van der Waals surface area (Å²) in [4.78, 5) is 23.0. The third kappa shape index (κ3) is 10.9. The number of hydrogen-bond acceptors (Lipinski definition) is 7. The predicted molar refractivity (Wildman–Crippen MR) is 153 cm³/mol. The van der Waals surface area contributed by atoms with E-state index in [1.165, 1.54) is 19.3 Å². The van der Waals surface area contributed by atoms with Crippen molar-refractivity contribution in [2.24, 2.45) is 17.8 Å². The van der Waals surface area contributed by atoms with Crippen LogP contribution in [-0.4, -0.2) is 54.9 Å². The van der Waals surface area contributed by atoms with E-state index in [9.17, 15) is 14.7 Å². The Labute approximate surface area is 234 Å². The molecule has 7 nitrogen and oxygen atoms in total. The van der Waals surface area contributed by atoms with Crippen LogP contribution in [0.4, 0.5) is 0 Å². The van der Waals surface area contributed by atoms with Gasteiger partial charge in [0.2, 0.25) is 0 Å². The van der Waals surface area contributed by atoms with Crippen LogP contribution in [-0.2, 0) is 28.5 Å². The number of ether oxygens (including phenoxy) is 4. The van der Waals surface area contributed by atoms with Crippen LogP contribution in [0.1, 0.15) is 73.6 Å². The van der Waals surface area contributed by atoms with Crippen molar-refractivity contribution in [1.29, 1.82) is 0 Å². The van der Waals surface area contributed by atoms with Crippen molar-refractivity contribution in [3.05, 3.63) is 59.8 Å². The summed E-state index contributed by atoms with van der Waals surface area (Å²) in [6.45, 7) is 12.2. The molecule has 0 aliphatic carbocycles. The molecule has 2 aliphatic rings. The summed E-state index contributed by atoms with van der Waals surface area (Å²) >= 11 is 0. The van der Waals surface area contributed by atoms with Crippen molar-refractivity contribution < 1.29 is 33.6 Å². The van der Waals surface area contributed by atoms with Crippen molar-refractivity contribution in [2.75, 3.05) is 13.7 Å². The molecular weight excluding hydrogens is 496 g/mol. The smallest absolute Gasteiger partial charge is 0.330 e. The maximum absolute atomic E-state index is 11.5. The van der Waals surface area contributed by atoms with Gasteiger partial charge in [-0.2, -0.15) is 0 Å². The Bertz CT molecular complexity index is 956. The second-order valence-electron chi connectivity index (χ2n) is 11.0. The first-order valence-electron chi connectivity index (χ1n) is 14.2.